The smallest absolute Gasteiger partial charge is 0.255 e. The number of rotatable bonds is 7. The van der Waals surface area contributed by atoms with E-state index in [0.29, 0.717) is 22.8 Å². The summed E-state index contributed by atoms with van der Waals surface area (Å²) < 4.78 is 6.16. The van der Waals surface area contributed by atoms with Crippen molar-refractivity contribution in [1.29, 1.82) is 0 Å². The number of carbonyl (C=O) groups excluding carboxylic acids is 1. The Bertz CT molecular complexity index is 1290. The van der Waals surface area contributed by atoms with E-state index in [0.717, 1.165) is 22.4 Å². The minimum atomic E-state index is -0.314. The summed E-state index contributed by atoms with van der Waals surface area (Å²) in [4.78, 5) is 23.1. The predicted molar refractivity (Wildman–Crippen MR) is 136 cm³/mol. The molecule has 7 heteroatoms. The summed E-state index contributed by atoms with van der Waals surface area (Å²) in [6.07, 6.45) is 4.85. The molecule has 1 amide bonds. The molecular weight excluding hydrogens is 426 g/mol. The van der Waals surface area contributed by atoms with Crippen LogP contribution in [0.1, 0.15) is 28.9 Å². The molecule has 0 saturated heterocycles. The molecule has 4 aromatic rings. The fourth-order valence-corrected chi connectivity index (χ4v) is 3.51. The van der Waals surface area contributed by atoms with E-state index in [4.69, 9.17) is 10.5 Å². The van der Waals surface area contributed by atoms with Crippen LogP contribution in [0.5, 0.6) is 5.75 Å². The number of pyridine rings is 2. The summed E-state index contributed by atoms with van der Waals surface area (Å²) in [5.74, 6) is 0.638. The number of carbonyl (C=O) groups is 1. The summed E-state index contributed by atoms with van der Waals surface area (Å²) in [5, 5.41) is 2.97. The van der Waals surface area contributed by atoms with Crippen molar-refractivity contribution in [2.45, 2.75) is 13.0 Å². The van der Waals surface area contributed by atoms with Gasteiger partial charge < -0.3 is 20.7 Å². The van der Waals surface area contributed by atoms with E-state index in [1.54, 1.807) is 24.7 Å². The van der Waals surface area contributed by atoms with Gasteiger partial charge >= 0.3 is 0 Å². The molecule has 2 aromatic carbocycles. The molecule has 7 nitrogen and oxygen atoms in total. The number of aromatic nitrogens is 2. The third-order valence-corrected chi connectivity index (χ3v) is 5.44. The minimum Gasteiger partial charge on any atom is -0.482 e. The first kappa shape index (κ1) is 22.8. The average molecular weight is 454 g/mol. The zero-order chi connectivity index (χ0) is 24.1. The van der Waals surface area contributed by atoms with Gasteiger partial charge in [-0.05, 0) is 66.6 Å². The van der Waals surface area contributed by atoms with Crippen LogP contribution < -0.4 is 20.7 Å². The molecule has 0 saturated carbocycles. The van der Waals surface area contributed by atoms with Gasteiger partial charge in [-0.25, -0.2) is 4.98 Å². The highest BCUT2D eigenvalue weighted by Crippen LogP contribution is 2.31. The van der Waals surface area contributed by atoms with Gasteiger partial charge in [0.15, 0.2) is 11.6 Å². The molecule has 2 heterocycles. The summed E-state index contributed by atoms with van der Waals surface area (Å²) in [5.41, 5.74) is 11.1. The van der Waals surface area contributed by atoms with Crippen LogP contribution in [0.25, 0.3) is 11.1 Å². The Labute approximate surface area is 199 Å². The van der Waals surface area contributed by atoms with Gasteiger partial charge in [-0.1, -0.05) is 18.2 Å². The maximum absolute atomic E-state index is 12.8. The first-order valence-electron chi connectivity index (χ1n) is 10.9. The highest BCUT2D eigenvalue weighted by Gasteiger charge is 2.14. The molecule has 4 rings (SSSR count). The maximum Gasteiger partial charge on any atom is 0.255 e. The van der Waals surface area contributed by atoms with Crippen molar-refractivity contribution in [2.24, 2.45) is 0 Å². The van der Waals surface area contributed by atoms with E-state index in [1.807, 2.05) is 86.6 Å². The van der Waals surface area contributed by atoms with Gasteiger partial charge in [-0.15, -0.1) is 0 Å². The molecule has 0 fully saturated rings. The predicted octanol–water partition coefficient (Wildman–Crippen LogP) is 5.18. The lowest BCUT2D eigenvalue weighted by atomic mass is 10.1. The molecule has 2 aromatic heterocycles. The molecule has 0 aliphatic rings. The lowest BCUT2D eigenvalue weighted by molar-refractivity contribution is 0.102. The monoisotopic (exact) mass is 453 g/mol. The Hall–Kier alpha value is -4.39. The molecule has 172 valence electrons. The fraction of sp³-hybridized carbons (Fsp3) is 0.148. The highest BCUT2D eigenvalue weighted by molar-refractivity contribution is 6.04. The number of nitrogens with zero attached hydrogens (tertiary/aromatic N) is 3. The van der Waals surface area contributed by atoms with E-state index in [2.05, 4.69) is 15.3 Å². The van der Waals surface area contributed by atoms with Crippen LogP contribution in [-0.4, -0.2) is 30.0 Å². The molecule has 1 atom stereocenters. The Morgan fingerprint density at radius 2 is 1.76 bits per heavy atom. The molecule has 0 aliphatic carbocycles. The summed E-state index contributed by atoms with van der Waals surface area (Å²) in [6.45, 7) is 1.93. The normalized spacial score (nSPS) is 11.5. The van der Waals surface area contributed by atoms with E-state index in [1.165, 1.54) is 0 Å². The second-order valence-electron chi connectivity index (χ2n) is 8.13. The van der Waals surface area contributed by atoms with Gasteiger partial charge in [0.1, 0.15) is 6.10 Å². The molecular formula is C27H27N5O2. The molecule has 0 radical (unpaired) electrons. The van der Waals surface area contributed by atoms with Crippen molar-refractivity contribution in [3.8, 4) is 16.9 Å². The number of amides is 1. The molecule has 3 N–H and O–H groups in total. The molecule has 0 aliphatic heterocycles. The van der Waals surface area contributed by atoms with Gasteiger partial charge in [-0.2, -0.15) is 0 Å². The Morgan fingerprint density at radius 3 is 2.53 bits per heavy atom. The maximum atomic E-state index is 12.8. The Morgan fingerprint density at radius 1 is 1.00 bits per heavy atom. The number of anilines is 3. The third kappa shape index (κ3) is 5.32. The lowest BCUT2D eigenvalue weighted by Gasteiger charge is -2.18. The van der Waals surface area contributed by atoms with Crippen LogP contribution in [0, 0.1) is 0 Å². The summed E-state index contributed by atoms with van der Waals surface area (Å²) in [6, 6.07) is 20.7. The SMILES string of the molecule is C[C@@H](Oc1cc(-c2ccncc2)cnc1N)c1cccc(NC(=O)c2cccc(N(C)C)c2)c1. The number of benzene rings is 2. The Kier molecular flexibility index (Phi) is 6.73. The van der Waals surface area contributed by atoms with Crippen LogP contribution in [0.15, 0.2) is 85.3 Å². The van der Waals surface area contributed by atoms with Gasteiger partial charge in [0.25, 0.3) is 5.91 Å². The summed E-state index contributed by atoms with van der Waals surface area (Å²) >= 11 is 0. The van der Waals surface area contributed by atoms with Crippen molar-refractivity contribution in [3.63, 3.8) is 0 Å². The van der Waals surface area contributed by atoms with Gasteiger partial charge in [0, 0.05) is 55.2 Å². The standard InChI is InChI=1S/C27H27N5O2/c1-18(34-25-16-22(17-30-26(25)28)19-10-12-29-13-11-19)20-6-4-8-23(14-20)31-27(33)21-7-5-9-24(15-21)32(2)3/h4-18H,1-3H3,(H2,28,30)(H,31,33)/t18-/m1/s1. The molecule has 0 bridgehead atoms. The van der Waals surface area contributed by atoms with Gasteiger partial charge in [-0.3, -0.25) is 9.78 Å². The Balaban J connectivity index is 1.50. The van der Waals surface area contributed by atoms with Gasteiger partial charge in [0.2, 0.25) is 0 Å². The minimum absolute atomic E-state index is 0.173. The van der Waals surface area contributed by atoms with Crippen LogP contribution in [0.4, 0.5) is 17.2 Å². The molecule has 34 heavy (non-hydrogen) atoms. The third-order valence-electron chi connectivity index (χ3n) is 5.44. The van der Waals surface area contributed by atoms with Crippen molar-refractivity contribution in [3.05, 3.63) is 96.4 Å². The zero-order valence-electron chi connectivity index (χ0n) is 19.4. The van der Waals surface area contributed by atoms with Crippen molar-refractivity contribution < 1.29 is 9.53 Å². The molecule has 0 unspecified atom stereocenters. The van der Waals surface area contributed by atoms with E-state index in [-0.39, 0.29) is 12.0 Å². The van der Waals surface area contributed by atoms with Crippen LogP contribution >= 0.6 is 0 Å². The zero-order valence-corrected chi connectivity index (χ0v) is 19.4. The first-order chi connectivity index (χ1) is 16.4. The topological polar surface area (TPSA) is 93.4 Å². The van der Waals surface area contributed by atoms with Gasteiger partial charge in [0.05, 0.1) is 0 Å². The number of nitrogen functional groups attached to an aromatic ring is 1. The van der Waals surface area contributed by atoms with Crippen LogP contribution in [-0.2, 0) is 0 Å². The van der Waals surface area contributed by atoms with E-state index >= 15 is 0 Å². The van der Waals surface area contributed by atoms with Crippen molar-refractivity contribution >= 4 is 23.1 Å². The van der Waals surface area contributed by atoms with Crippen LogP contribution in [0.3, 0.4) is 0 Å². The second-order valence-corrected chi connectivity index (χ2v) is 8.13. The van der Waals surface area contributed by atoms with E-state index < -0.39 is 0 Å². The number of hydrogen-bond acceptors (Lipinski definition) is 6. The number of nitrogens with two attached hydrogens (primary N) is 1. The number of hydrogen-bond donors (Lipinski definition) is 2. The van der Waals surface area contributed by atoms with Crippen molar-refractivity contribution in [1.82, 2.24) is 9.97 Å². The van der Waals surface area contributed by atoms with Crippen LogP contribution in [0.2, 0.25) is 0 Å². The number of ether oxygens (including phenoxy) is 1. The van der Waals surface area contributed by atoms with E-state index in [9.17, 15) is 4.79 Å². The largest absolute Gasteiger partial charge is 0.482 e. The van der Waals surface area contributed by atoms with Crippen molar-refractivity contribution in [2.75, 3.05) is 30.0 Å². The first-order valence-corrected chi connectivity index (χ1v) is 10.9. The summed E-state index contributed by atoms with van der Waals surface area (Å²) in [7, 11) is 3.88. The number of nitrogens with one attached hydrogen (secondary N) is 1. The highest BCUT2D eigenvalue weighted by atomic mass is 16.5. The quantitative estimate of drug-likeness (QED) is 0.400. The second kappa shape index (κ2) is 10.0. The fourth-order valence-electron chi connectivity index (χ4n) is 3.51. The molecule has 0 spiro atoms. The average Bonchev–Trinajstić information content (AvgIpc) is 2.86. The lowest BCUT2D eigenvalue weighted by Crippen LogP contribution is -2.14.